The van der Waals surface area contributed by atoms with Gasteiger partial charge in [0, 0.05) is 12.0 Å². The monoisotopic (exact) mass is 306 g/mol. The lowest BCUT2D eigenvalue weighted by Crippen LogP contribution is -2.28. The summed E-state index contributed by atoms with van der Waals surface area (Å²) in [6.07, 6.45) is -6.49. The zero-order valence-electron chi connectivity index (χ0n) is 11.2. The average molecular weight is 306 g/mol. The molecular weight excluding hydrogens is 292 g/mol. The molecule has 0 saturated heterocycles. The zero-order valence-corrected chi connectivity index (χ0v) is 11.2. The van der Waals surface area contributed by atoms with Gasteiger partial charge in [-0.2, -0.15) is 13.2 Å². The standard InChI is InChI=1S/C14H14F4O3/c1-2-21-13(20)8-10(14(16,17)18)7-12(19)9-3-5-11(15)6-4-9/h3-6,10H,2,7-8H2,1H3. The van der Waals surface area contributed by atoms with Gasteiger partial charge < -0.3 is 4.74 Å². The molecule has 0 spiro atoms. The number of ketones is 1. The molecule has 0 aliphatic rings. The van der Waals surface area contributed by atoms with E-state index in [1.54, 1.807) is 0 Å². The van der Waals surface area contributed by atoms with E-state index < -0.39 is 42.5 Å². The summed E-state index contributed by atoms with van der Waals surface area (Å²) in [6, 6.07) is 4.19. The lowest BCUT2D eigenvalue weighted by Gasteiger charge is -2.18. The van der Waals surface area contributed by atoms with Gasteiger partial charge in [-0.3, -0.25) is 9.59 Å². The van der Waals surface area contributed by atoms with Crippen molar-refractivity contribution in [2.75, 3.05) is 6.61 Å². The second-order valence-corrected chi connectivity index (χ2v) is 4.38. The van der Waals surface area contributed by atoms with Crippen LogP contribution in [0.1, 0.15) is 30.1 Å². The van der Waals surface area contributed by atoms with Crippen molar-refractivity contribution in [3.63, 3.8) is 0 Å². The highest BCUT2D eigenvalue weighted by Crippen LogP contribution is 2.32. The van der Waals surface area contributed by atoms with Crippen molar-refractivity contribution in [3.05, 3.63) is 35.6 Å². The first-order valence-corrected chi connectivity index (χ1v) is 6.25. The fourth-order valence-corrected chi connectivity index (χ4v) is 1.70. The molecule has 0 radical (unpaired) electrons. The Labute approximate surface area is 118 Å². The lowest BCUT2D eigenvalue weighted by molar-refractivity contribution is -0.183. The number of rotatable bonds is 6. The van der Waals surface area contributed by atoms with E-state index in [9.17, 15) is 27.2 Å². The normalized spacial score (nSPS) is 12.8. The molecule has 0 saturated carbocycles. The van der Waals surface area contributed by atoms with Crippen LogP contribution in [0.15, 0.2) is 24.3 Å². The molecule has 0 aromatic heterocycles. The van der Waals surface area contributed by atoms with Gasteiger partial charge in [0.05, 0.1) is 18.9 Å². The number of hydrogen-bond acceptors (Lipinski definition) is 3. The minimum atomic E-state index is -4.69. The Kier molecular flexibility index (Phi) is 5.87. The molecule has 0 N–H and O–H groups in total. The topological polar surface area (TPSA) is 43.4 Å². The van der Waals surface area contributed by atoms with E-state index in [-0.39, 0.29) is 12.2 Å². The van der Waals surface area contributed by atoms with Gasteiger partial charge in [0.2, 0.25) is 0 Å². The summed E-state index contributed by atoms with van der Waals surface area (Å²) in [5.41, 5.74) is -0.0329. The van der Waals surface area contributed by atoms with Crippen molar-refractivity contribution in [3.8, 4) is 0 Å². The predicted octanol–water partition coefficient (Wildman–Crippen LogP) is 3.53. The first-order valence-electron chi connectivity index (χ1n) is 6.25. The zero-order chi connectivity index (χ0) is 16.0. The van der Waals surface area contributed by atoms with E-state index in [1.165, 1.54) is 6.92 Å². The summed E-state index contributed by atoms with van der Waals surface area (Å²) in [6.45, 7) is 1.44. The van der Waals surface area contributed by atoms with Crippen LogP contribution in [-0.2, 0) is 9.53 Å². The number of Topliss-reactive ketones (excluding diaryl/α,β-unsaturated/α-hetero) is 1. The molecule has 0 aliphatic heterocycles. The molecule has 0 amide bonds. The molecule has 0 fully saturated rings. The van der Waals surface area contributed by atoms with Crippen LogP contribution < -0.4 is 0 Å². The first-order chi connectivity index (χ1) is 9.74. The molecule has 1 atom stereocenters. The van der Waals surface area contributed by atoms with Gasteiger partial charge in [-0.1, -0.05) is 0 Å². The van der Waals surface area contributed by atoms with E-state index >= 15 is 0 Å². The van der Waals surface area contributed by atoms with Crippen molar-refractivity contribution >= 4 is 11.8 Å². The number of hydrogen-bond donors (Lipinski definition) is 0. The van der Waals surface area contributed by atoms with Gasteiger partial charge >= 0.3 is 12.1 Å². The highest BCUT2D eigenvalue weighted by molar-refractivity contribution is 5.96. The summed E-state index contributed by atoms with van der Waals surface area (Å²) in [5, 5.41) is 0. The third-order valence-electron chi connectivity index (χ3n) is 2.78. The number of esters is 1. The molecule has 0 bridgehead atoms. The molecule has 1 unspecified atom stereocenters. The summed E-state index contributed by atoms with van der Waals surface area (Å²) in [5.74, 6) is -4.52. The third kappa shape index (κ3) is 5.53. The molecule has 1 rings (SSSR count). The van der Waals surface area contributed by atoms with E-state index in [0.29, 0.717) is 0 Å². The van der Waals surface area contributed by atoms with Gasteiger partial charge in [-0.25, -0.2) is 4.39 Å². The number of carbonyl (C=O) groups excluding carboxylic acids is 2. The van der Waals surface area contributed by atoms with Gasteiger partial charge in [-0.05, 0) is 31.2 Å². The fourth-order valence-electron chi connectivity index (χ4n) is 1.70. The molecular formula is C14H14F4O3. The highest BCUT2D eigenvalue weighted by Gasteiger charge is 2.42. The number of halogens is 4. The first kappa shape index (κ1) is 17.1. The number of benzene rings is 1. The summed E-state index contributed by atoms with van der Waals surface area (Å²) in [7, 11) is 0. The second-order valence-electron chi connectivity index (χ2n) is 4.38. The van der Waals surface area contributed by atoms with Gasteiger partial charge in [0.25, 0.3) is 0 Å². The van der Waals surface area contributed by atoms with Crippen LogP contribution in [0.5, 0.6) is 0 Å². The van der Waals surface area contributed by atoms with Crippen LogP contribution in [0.4, 0.5) is 17.6 Å². The van der Waals surface area contributed by atoms with Crippen molar-refractivity contribution < 1.29 is 31.9 Å². The molecule has 1 aromatic rings. The number of carbonyl (C=O) groups is 2. The Bertz CT molecular complexity index is 494. The van der Waals surface area contributed by atoms with Crippen molar-refractivity contribution in [1.29, 1.82) is 0 Å². The van der Waals surface area contributed by atoms with Crippen molar-refractivity contribution in [2.45, 2.75) is 25.9 Å². The maximum Gasteiger partial charge on any atom is 0.392 e. The fraction of sp³-hybridized carbons (Fsp3) is 0.429. The van der Waals surface area contributed by atoms with Crippen LogP contribution in [0, 0.1) is 11.7 Å². The van der Waals surface area contributed by atoms with Crippen molar-refractivity contribution in [2.24, 2.45) is 5.92 Å². The minimum absolute atomic E-state index is 0.0324. The Hall–Kier alpha value is -1.92. The summed E-state index contributed by atoms with van der Waals surface area (Å²) in [4.78, 5) is 23.0. The van der Waals surface area contributed by atoms with E-state index in [4.69, 9.17) is 0 Å². The number of ether oxygens (including phenoxy) is 1. The number of alkyl halides is 3. The molecule has 21 heavy (non-hydrogen) atoms. The smallest absolute Gasteiger partial charge is 0.392 e. The highest BCUT2D eigenvalue weighted by atomic mass is 19.4. The Balaban J connectivity index is 2.79. The largest absolute Gasteiger partial charge is 0.466 e. The molecule has 116 valence electrons. The lowest BCUT2D eigenvalue weighted by atomic mass is 9.95. The molecule has 0 aliphatic carbocycles. The summed E-state index contributed by atoms with van der Waals surface area (Å²) >= 11 is 0. The minimum Gasteiger partial charge on any atom is -0.466 e. The van der Waals surface area contributed by atoms with Gasteiger partial charge in [-0.15, -0.1) is 0 Å². The third-order valence-corrected chi connectivity index (χ3v) is 2.78. The second kappa shape index (κ2) is 7.19. The van der Waals surface area contributed by atoms with E-state index in [0.717, 1.165) is 24.3 Å². The molecule has 7 heteroatoms. The Morgan fingerprint density at radius 1 is 1.14 bits per heavy atom. The molecule has 0 heterocycles. The van der Waals surface area contributed by atoms with E-state index in [1.807, 2.05) is 0 Å². The van der Waals surface area contributed by atoms with Crippen LogP contribution in [0.3, 0.4) is 0 Å². The average Bonchev–Trinajstić information content (AvgIpc) is 2.37. The Morgan fingerprint density at radius 2 is 1.71 bits per heavy atom. The SMILES string of the molecule is CCOC(=O)CC(CC(=O)c1ccc(F)cc1)C(F)(F)F. The molecule has 3 nitrogen and oxygen atoms in total. The molecule has 1 aromatic carbocycles. The summed E-state index contributed by atoms with van der Waals surface area (Å²) < 4.78 is 55.7. The maximum atomic E-state index is 12.8. The van der Waals surface area contributed by atoms with Crippen LogP contribution >= 0.6 is 0 Å². The van der Waals surface area contributed by atoms with Crippen LogP contribution in [0.25, 0.3) is 0 Å². The van der Waals surface area contributed by atoms with Gasteiger partial charge in [0.15, 0.2) is 5.78 Å². The quantitative estimate of drug-likeness (QED) is 0.459. The van der Waals surface area contributed by atoms with Gasteiger partial charge in [0.1, 0.15) is 5.82 Å². The van der Waals surface area contributed by atoms with Crippen LogP contribution in [0.2, 0.25) is 0 Å². The Morgan fingerprint density at radius 3 is 2.19 bits per heavy atom. The van der Waals surface area contributed by atoms with E-state index in [2.05, 4.69) is 4.74 Å². The maximum absolute atomic E-state index is 12.8. The van der Waals surface area contributed by atoms with Crippen molar-refractivity contribution in [1.82, 2.24) is 0 Å². The predicted molar refractivity (Wildman–Crippen MR) is 66.1 cm³/mol. The van der Waals surface area contributed by atoms with Crippen LogP contribution in [-0.4, -0.2) is 24.5 Å².